The number of fused-ring (bicyclic) bond motifs is 1. The lowest BCUT2D eigenvalue weighted by molar-refractivity contribution is -0.145. The Kier molecular flexibility index (Phi) is 2.62. The van der Waals surface area contributed by atoms with Crippen molar-refractivity contribution in [3.8, 4) is 0 Å². The maximum absolute atomic E-state index is 11.4. The van der Waals surface area contributed by atoms with Gasteiger partial charge in [-0.2, -0.15) is 0 Å². The maximum atomic E-state index is 11.4. The van der Waals surface area contributed by atoms with E-state index in [1.807, 2.05) is 18.2 Å². The molecule has 2 rings (SSSR count). The summed E-state index contributed by atoms with van der Waals surface area (Å²) in [6.45, 7) is 0. The highest BCUT2D eigenvalue weighted by Crippen LogP contribution is 2.29. The number of benzene rings is 1. The lowest BCUT2D eigenvalue weighted by Crippen LogP contribution is -2.24. The van der Waals surface area contributed by atoms with E-state index in [-0.39, 0.29) is 11.9 Å². The van der Waals surface area contributed by atoms with Crippen LogP contribution < -0.4 is 5.73 Å². The SMILES string of the molecule is COC(=O)C1CCc2c(N)cccc2C1. The summed E-state index contributed by atoms with van der Waals surface area (Å²) in [7, 11) is 1.44. The smallest absolute Gasteiger partial charge is 0.309 e. The quantitative estimate of drug-likeness (QED) is 0.559. The fraction of sp³-hybridized carbons (Fsp3) is 0.417. The first-order valence-electron chi connectivity index (χ1n) is 5.16. The van der Waals surface area contributed by atoms with Crippen molar-refractivity contribution in [1.82, 2.24) is 0 Å². The molecular weight excluding hydrogens is 190 g/mol. The highest BCUT2D eigenvalue weighted by Gasteiger charge is 2.25. The Labute approximate surface area is 89.2 Å². The summed E-state index contributed by atoms with van der Waals surface area (Å²) in [5.74, 6) is -0.104. The molecule has 3 nitrogen and oxygen atoms in total. The molecule has 1 aromatic rings. The predicted octanol–water partition coefficient (Wildman–Crippen LogP) is 1.55. The van der Waals surface area contributed by atoms with Crippen LogP contribution in [0.15, 0.2) is 18.2 Å². The Bertz CT molecular complexity index is 387. The molecule has 15 heavy (non-hydrogen) atoms. The minimum Gasteiger partial charge on any atom is -0.469 e. The third-order valence-corrected chi connectivity index (χ3v) is 3.05. The summed E-state index contributed by atoms with van der Waals surface area (Å²) >= 11 is 0. The molecule has 0 saturated carbocycles. The van der Waals surface area contributed by atoms with Crippen LogP contribution in [0.25, 0.3) is 0 Å². The van der Waals surface area contributed by atoms with E-state index in [1.54, 1.807) is 0 Å². The Morgan fingerprint density at radius 2 is 2.33 bits per heavy atom. The standard InChI is InChI=1S/C12H15NO2/c1-15-12(14)9-5-6-10-8(7-9)3-2-4-11(10)13/h2-4,9H,5-7,13H2,1H3. The van der Waals surface area contributed by atoms with Crippen LogP contribution in [-0.4, -0.2) is 13.1 Å². The molecule has 0 aromatic heterocycles. The fourth-order valence-corrected chi connectivity index (χ4v) is 2.20. The van der Waals surface area contributed by atoms with E-state index in [1.165, 1.54) is 18.2 Å². The molecule has 0 fully saturated rings. The van der Waals surface area contributed by atoms with E-state index in [9.17, 15) is 4.79 Å². The van der Waals surface area contributed by atoms with Gasteiger partial charge in [0.15, 0.2) is 0 Å². The van der Waals surface area contributed by atoms with Crippen LogP contribution in [0.4, 0.5) is 5.69 Å². The van der Waals surface area contributed by atoms with Gasteiger partial charge in [0, 0.05) is 5.69 Å². The van der Waals surface area contributed by atoms with E-state index in [0.717, 1.165) is 24.9 Å². The number of methoxy groups -OCH3 is 1. The molecular formula is C12H15NO2. The number of rotatable bonds is 1. The molecule has 0 aliphatic heterocycles. The molecule has 1 atom stereocenters. The minimum atomic E-state index is -0.108. The van der Waals surface area contributed by atoms with Crippen molar-refractivity contribution in [3.05, 3.63) is 29.3 Å². The molecule has 0 amide bonds. The second-order valence-corrected chi connectivity index (χ2v) is 3.95. The predicted molar refractivity (Wildman–Crippen MR) is 58.4 cm³/mol. The molecule has 1 unspecified atom stereocenters. The monoisotopic (exact) mass is 205 g/mol. The van der Waals surface area contributed by atoms with E-state index in [2.05, 4.69) is 0 Å². The molecule has 0 radical (unpaired) electrons. The fourth-order valence-electron chi connectivity index (χ4n) is 2.20. The van der Waals surface area contributed by atoms with Gasteiger partial charge in [-0.3, -0.25) is 4.79 Å². The zero-order valence-electron chi connectivity index (χ0n) is 8.82. The van der Waals surface area contributed by atoms with Crippen LogP contribution in [-0.2, 0) is 22.4 Å². The van der Waals surface area contributed by atoms with E-state index < -0.39 is 0 Å². The summed E-state index contributed by atoms with van der Waals surface area (Å²) in [4.78, 5) is 11.4. The van der Waals surface area contributed by atoms with Crippen molar-refractivity contribution in [2.24, 2.45) is 5.92 Å². The van der Waals surface area contributed by atoms with Crippen molar-refractivity contribution < 1.29 is 9.53 Å². The molecule has 2 N–H and O–H groups in total. The lowest BCUT2D eigenvalue weighted by Gasteiger charge is -2.23. The highest BCUT2D eigenvalue weighted by molar-refractivity contribution is 5.73. The number of hydrogen-bond acceptors (Lipinski definition) is 3. The lowest BCUT2D eigenvalue weighted by atomic mass is 9.83. The Hall–Kier alpha value is -1.51. The largest absolute Gasteiger partial charge is 0.469 e. The van der Waals surface area contributed by atoms with E-state index in [0.29, 0.717) is 0 Å². The second-order valence-electron chi connectivity index (χ2n) is 3.95. The van der Waals surface area contributed by atoms with Gasteiger partial charge in [0.1, 0.15) is 0 Å². The first-order chi connectivity index (χ1) is 7.22. The topological polar surface area (TPSA) is 52.3 Å². The van der Waals surface area contributed by atoms with Crippen LogP contribution in [0.2, 0.25) is 0 Å². The summed E-state index contributed by atoms with van der Waals surface area (Å²) in [6, 6.07) is 5.89. The summed E-state index contributed by atoms with van der Waals surface area (Å²) in [6.07, 6.45) is 2.47. The van der Waals surface area contributed by atoms with Gasteiger partial charge in [-0.15, -0.1) is 0 Å². The van der Waals surface area contributed by atoms with Gasteiger partial charge in [-0.25, -0.2) is 0 Å². The van der Waals surface area contributed by atoms with E-state index >= 15 is 0 Å². The zero-order valence-corrected chi connectivity index (χ0v) is 8.82. The maximum Gasteiger partial charge on any atom is 0.309 e. The molecule has 1 aliphatic rings. The van der Waals surface area contributed by atoms with Crippen LogP contribution in [0, 0.1) is 5.92 Å². The summed E-state index contributed by atoms with van der Waals surface area (Å²) in [5.41, 5.74) is 9.12. The third-order valence-electron chi connectivity index (χ3n) is 3.05. The van der Waals surface area contributed by atoms with Crippen LogP contribution in [0.3, 0.4) is 0 Å². The summed E-state index contributed by atoms with van der Waals surface area (Å²) < 4.78 is 4.76. The van der Waals surface area contributed by atoms with Gasteiger partial charge >= 0.3 is 5.97 Å². The van der Waals surface area contributed by atoms with Crippen molar-refractivity contribution in [2.75, 3.05) is 12.8 Å². The van der Waals surface area contributed by atoms with Crippen LogP contribution in [0.5, 0.6) is 0 Å². The normalized spacial score (nSPS) is 19.4. The Morgan fingerprint density at radius 3 is 3.07 bits per heavy atom. The van der Waals surface area contributed by atoms with Gasteiger partial charge < -0.3 is 10.5 Å². The average Bonchev–Trinajstić information content (AvgIpc) is 2.28. The van der Waals surface area contributed by atoms with Gasteiger partial charge in [0.05, 0.1) is 13.0 Å². The second kappa shape index (κ2) is 3.93. The number of anilines is 1. The number of carbonyl (C=O) groups excluding carboxylic acids is 1. The number of hydrogen-bond donors (Lipinski definition) is 1. The molecule has 0 bridgehead atoms. The number of nitrogens with two attached hydrogens (primary N) is 1. The Balaban J connectivity index is 2.24. The van der Waals surface area contributed by atoms with Crippen molar-refractivity contribution in [1.29, 1.82) is 0 Å². The van der Waals surface area contributed by atoms with Crippen molar-refractivity contribution >= 4 is 11.7 Å². The average molecular weight is 205 g/mol. The van der Waals surface area contributed by atoms with Crippen LogP contribution >= 0.6 is 0 Å². The molecule has 0 heterocycles. The van der Waals surface area contributed by atoms with Gasteiger partial charge in [0.2, 0.25) is 0 Å². The molecule has 80 valence electrons. The van der Waals surface area contributed by atoms with Crippen molar-refractivity contribution in [2.45, 2.75) is 19.3 Å². The third kappa shape index (κ3) is 1.82. The molecule has 1 aliphatic carbocycles. The summed E-state index contributed by atoms with van der Waals surface area (Å²) in [5, 5.41) is 0. The number of nitrogen functional groups attached to an aromatic ring is 1. The highest BCUT2D eigenvalue weighted by atomic mass is 16.5. The first-order valence-corrected chi connectivity index (χ1v) is 5.16. The molecule has 1 aromatic carbocycles. The zero-order chi connectivity index (χ0) is 10.8. The van der Waals surface area contributed by atoms with Crippen molar-refractivity contribution in [3.63, 3.8) is 0 Å². The van der Waals surface area contributed by atoms with Gasteiger partial charge in [-0.05, 0) is 36.5 Å². The van der Waals surface area contributed by atoms with E-state index in [4.69, 9.17) is 10.5 Å². The number of ether oxygens (including phenoxy) is 1. The Morgan fingerprint density at radius 1 is 1.53 bits per heavy atom. The molecule has 0 saturated heterocycles. The first kappa shape index (κ1) is 10.0. The minimum absolute atomic E-state index is 0.00398. The van der Waals surface area contributed by atoms with Gasteiger partial charge in [-0.1, -0.05) is 12.1 Å². The molecule has 3 heteroatoms. The van der Waals surface area contributed by atoms with Crippen LogP contribution in [0.1, 0.15) is 17.5 Å². The molecule has 0 spiro atoms. The number of esters is 1. The number of carbonyl (C=O) groups is 1. The van der Waals surface area contributed by atoms with Gasteiger partial charge in [0.25, 0.3) is 0 Å².